The summed E-state index contributed by atoms with van der Waals surface area (Å²) in [6.45, 7) is 8.19. The molecule has 0 radical (unpaired) electrons. The van der Waals surface area contributed by atoms with E-state index < -0.39 is 0 Å². The molecule has 1 aromatic heterocycles. The van der Waals surface area contributed by atoms with Crippen LogP contribution in [0.25, 0.3) is 10.9 Å². The van der Waals surface area contributed by atoms with Gasteiger partial charge in [0.15, 0.2) is 6.54 Å². The number of carbonyl (C=O) groups excluding carboxylic acids is 1. The number of quaternary nitrogens is 1. The van der Waals surface area contributed by atoms with E-state index in [0.29, 0.717) is 19.1 Å². The zero-order valence-corrected chi connectivity index (χ0v) is 16.5. The van der Waals surface area contributed by atoms with Gasteiger partial charge in [0.05, 0.1) is 6.04 Å². The molecule has 3 rings (SSSR count). The van der Waals surface area contributed by atoms with Crippen molar-refractivity contribution in [3.8, 4) is 0 Å². The number of carbonyl (C=O) groups is 1. The Morgan fingerprint density at radius 2 is 1.85 bits per heavy atom. The molecule has 0 fully saturated rings. The summed E-state index contributed by atoms with van der Waals surface area (Å²) in [6, 6.07) is 17.2. The molecule has 0 aliphatic heterocycles. The molecule has 0 saturated carbocycles. The van der Waals surface area contributed by atoms with Gasteiger partial charge in [0.25, 0.3) is 5.91 Å². The van der Waals surface area contributed by atoms with E-state index in [-0.39, 0.29) is 5.91 Å². The van der Waals surface area contributed by atoms with Crippen molar-refractivity contribution in [1.82, 2.24) is 9.88 Å². The molecule has 0 aliphatic carbocycles. The van der Waals surface area contributed by atoms with Crippen LogP contribution in [0.5, 0.6) is 0 Å². The highest BCUT2D eigenvalue weighted by Gasteiger charge is 2.17. The molecule has 0 atom stereocenters. The number of amides is 1. The maximum atomic E-state index is 12.8. The number of nitrogens with zero attached hydrogens (tertiary/aromatic N) is 1. The van der Waals surface area contributed by atoms with Gasteiger partial charge in [-0.1, -0.05) is 48.0 Å². The first-order valence-corrected chi connectivity index (χ1v) is 9.74. The minimum Gasteiger partial charge on any atom is -0.361 e. The van der Waals surface area contributed by atoms with E-state index in [1.54, 1.807) is 0 Å². The second-order valence-corrected chi connectivity index (χ2v) is 7.59. The fourth-order valence-electron chi connectivity index (χ4n) is 3.27. The van der Waals surface area contributed by atoms with Gasteiger partial charge in [0.2, 0.25) is 0 Å². The quantitative estimate of drug-likeness (QED) is 0.634. The van der Waals surface area contributed by atoms with Crippen molar-refractivity contribution in [2.24, 2.45) is 0 Å². The Morgan fingerprint density at radius 3 is 2.59 bits per heavy atom. The highest BCUT2D eigenvalue weighted by Crippen LogP contribution is 2.18. The van der Waals surface area contributed by atoms with Crippen LogP contribution >= 0.6 is 0 Å². The number of hydrogen-bond donors (Lipinski definition) is 2. The smallest absolute Gasteiger partial charge is 0.277 e. The van der Waals surface area contributed by atoms with E-state index in [2.05, 4.69) is 79.7 Å². The van der Waals surface area contributed by atoms with Crippen molar-refractivity contribution < 1.29 is 10.1 Å². The zero-order chi connectivity index (χ0) is 19.2. The average Bonchev–Trinajstić information content (AvgIpc) is 3.08. The Morgan fingerprint density at radius 1 is 1.11 bits per heavy atom. The molecule has 0 saturated heterocycles. The molecule has 142 valence electrons. The molecule has 0 unspecified atom stereocenters. The number of nitrogens with two attached hydrogens (primary N) is 1. The van der Waals surface area contributed by atoms with Gasteiger partial charge < -0.3 is 15.2 Å². The summed E-state index contributed by atoms with van der Waals surface area (Å²) in [5, 5.41) is 3.34. The average molecular weight is 365 g/mol. The van der Waals surface area contributed by atoms with Crippen molar-refractivity contribution in [3.63, 3.8) is 0 Å². The molecular formula is C23H30N3O+. The van der Waals surface area contributed by atoms with Gasteiger partial charge in [0, 0.05) is 30.2 Å². The number of aromatic nitrogens is 1. The van der Waals surface area contributed by atoms with Crippen LogP contribution in [0.4, 0.5) is 0 Å². The number of fused-ring (bicyclic) bond motifs is 1. The fraction of sp³-hybridized carbons (Fsp3) is 0.348. The molecule has 2 aromatic carbocycles. The van der Waals surface area contributed by atoms with Crippen LogP contribution < -0.4 is 5.32 Å². The predicted octanol–water partition coefficient (Wildman–Crippen LogP) is 3.02. The summed E-state index contributed by atoms with van der Waals surface area (Å²) < 4.78 is 0. The number of aryl methyl sites for hydroxylation is 1. The summed E-state index contributed by atoms with van der Waals surface area (Å²) in [5.41, 5.74) is 4.83. The van der Waals surface area contributed by atoms with Crippen molar-refractivity contribution >= 4 is 16.8 Å². The standard InChI is InChI=1S/C23H29N3O/c1-17(2)24-15-23(27)26(16-19-10-8-18(3)9-11-19)13-12-20-14-25-22-7-5-4-6-21(20)22/h4-11,14,17,24-25H,12-13,15-16H2,1-3H3/p+1. The van der Waals surface area contributed by atoms with Crippen LogP contribution in [0, 0.1) is 6.92 Å². The first-order valence-electron chi connectivity index (χ1n) is 9.74. The maximum absolute atomic E-state index is 12.8. The highest BCUT2D eigenvalue weighted by molar-refractivity contribution is 5.83. The van der Waals surface area contributed by atoms with Crippen LogP contribution in [-0.2, 0) is 17.8 Å². The highest BCUT2D eigenvalue weighted by atomic mass is 16.2. The second kappa shape index (κ2) is 8.87. The molecule has 1 amide bonds. The summed E-state index contributed by atoms with van der Waals surface area (Å²) in [4.78, 5) is 18.1. The van der Waals surface area contributed by atoms with Crippen molar-refractivity contribution in [2.45, 2.75) is 39.8 Å². The van der Waals surface area contributed by atoms with Gasteiger partial charge in [-0.15, -0.1) is 0 Å². The topological polar surface area (TPSA) is 52.7 Å². The number of aromatic amines is 1. The summed E-state index contributed by atoms with van der Waals surface area (Å²) in [6.07, 6.45) is 2.92. The Bertz CT molecular complexity index is 880. The van der Waals surface area contributed by atoms with Gasteiger partial charge >= 0.3 is 0 Å². The summed E-state index contributed by atoms with van der Waals surface area (Å²) in [7, 11) is 0. The first kappa shape index (κ1) is 19.2. The van der Waals surface area contributed by atoms with Crippen molar-refractivity contribution in [3.05, 3.63) is 71.4 Å². The molecule has 27 heavy (non-hydrogen) atoms. The minimum absolute atomic E-state index is 0.198. The van der Waals surface area contributed by atoms with Crippen LogP contribution in [0.2, 0.25) is 0 Å². The van der Waals surface area contributed by atoms with E-state index in [4.69, 9.17) is 0 Å². The van der Waals surface area contributed by atoms with E-state index in [1.807, 2.05) is 11.0 Å². The van der Waals surface area contributed by atoms with Crippen LogP contribution in [0.3, 0.4) is 0 Å². The lowest BCUT2D eigenvalue weighted by atomic mass is 10.1. The molecule has 0 bridgehead atoms. The van der Waals surface area contributed by atoms with Crippen molar-refractivity contribution in [1.29, 1.82) is 0 Å². The van der Waals surface area contributed by atoms with Crippen molar-refractivity contribution in [2.75, 3.05) is 13.1 Å². The van der Waals surface area contributed by atoms with Gasteiger partial charge in [0.1, 0.15) is 0 Å². The van der Waals surface area contributed by atoms with Gasteiger partial charge in [-0.2, -0.15) is 0 Å². The summed E-state index contributed by atoms with van der Waals surface area (Å²) in [5.74, 6) is 0.198. The lowest BCUT2D eigenvalue weighted by molar-refractivity contribution is -0.673. The van der Waals surface area contributed by atoms with Gasteiger partial charge in [-0.25, -0.2) is 0 Å². The van der Waals surface area contributed by atoms with E-state index in [0.717, 1.165) is 18.5 Å². The number of H-pyrrole nitrogens is 1. The lowest BCUT2D eigenvalue weighted by Crippen LogP contribution is -2.90. The summed E-state index contributed by atoms with van der Waals surface area (Å²) >= 11 is 0. The number of nitrogens with one attached hydrogen (secondary N) is 1. The van der Waals surface area contributed by atoms with E-state index in [1.165, 1.54) is 22.1 Å². The third kappa shape index (κ3) is 5.20. The normalized spacial score (nSPS) is 11.3. The fourth-order valence-corrected chi connectivity index (χ4v) is 3.27. The number of hydrogen-bond acceptors (Lipinski definition) is 1. The van der Waals surface area contributed by atoms with Crippen LogP contribution in [0.15, 0.2) is 54.7 Å². The Hall–Kier alpha value is -2.59. The van der Waals surface area contributed by atoms with Gasteiger partial charge in [-0.05, 0) is 44.4 Å². The van der Waals surface area contributed by atoms with E-state index >= 15 is 0 Å². The number of benzene rings is 2. The molecule has 4 heteroatoms. The Labute approximate surface area is 161 Å². The first-order chi connectivity index (χ1) is 13.0. The lowest BCUT2D eigenvalue weighted by Gasteiger charge is -2.22. The maximum Gasteiger partial charge on any atom is 0.277 e. The second-order valence-electron chi connectivity index (χ2n) is 7.59. The minimum atomic E-state index is 0.198. The van der Waals surface area contributed by atoms with Gasteiger partial charge in [-0.3, -0.25) is 4.79 Å². The van der Waals surface area contributed by atoms with Crippen LogP contribution in [0.1, 0.15) is 30.5 Å². The Balaban J connectivity index is 1.72. The molecule has 4 nitrogen and oxygen atoms in total. The third-order valence-electron chi connectivity index (χ3n) is 4.94. The molecule has 0 aliphatic rings. The Kier molecular flexibility index (Phi) is 6.30. The monoisotopic (exact) mass is 364 g/mol. The third-order valence-corrected chi connectivity index (χ3v) is 4.94. The molecule has 3 aromatic rings. The molecule has 0 spiro atoms. The predicted molar refractivity (Wildman–Crippen MR) is 111 cm³/mol. The molecular weight excluding hydrogens is 334 g/mol. The zero-order valence-electron chi connectivity index (χ0n) is 16.5. The van der Waals surface area contributed by atoms with Crippen LogP contribution in [-0.4, -0.2) is 34.9 Å². The largest absolute Gasteiger partial charge is 0.361 e. The molecule has 1 heterocycles. The number of para-hydroxylation sites is 1. The SMILES string of the molecule is Cc1ccc(CN(CCc2c[nH]c3ccccc23)C(=O)C[NH2+]C(C)C)cc1. The number of rotatable bonds is 8. The van der Waals surface area contributed by atoms with E-state index in [9.17, 15) is 4.79 Å². The molecule has 3 N–H and O–H groups in total.